The Morgan fingerprint density at radius 3 is 2.83 bits per heavy atom. The van der Waals surface area contributed by atoms with Gasteiger partial charge in [0.15, 0.2) is 5.17 Å². The van der Waals surface area contributed by atoms with Crippen molar-refractivity contribution in [3.05, 3.63) is 34.5 Å². The quantitative estimate of drug-likeness (QED) is 0.738. The molecule has 0 atom stereocenters. The van der Waals surface area contributed by atoms with Crippen LogP contribution in [0.3, 0.4) is 0 Å². The number of carbonyl (C=O) groups is 3. The largest absolute Gasteiger partial charge is 0.422 e. The summed E-state index contributed by atoms with van der Waals surface area (Å²) in [4.78, 5) is 41.7. The van der Waals surface area contributed by atoms with E-state index in [-0.39, 0.29) is 24.6 Å². The van der Waals surface area contributed by atoms with E-state index in [1.807, 2.05) is 5.01 Å². The van der Waals surface area contributed by atoms with Gasteiger partial charge in [-0.25, -0.2) is 19.5 Å². The van der Waals surface area contributed by atoms with Gasteiger partial charge in [0.2, 0.25) is 5.91 Å². The maximum absolute atomic E-state index is 13.7. The number of imide groups is 1. The highest BCUT2D eigenvalue weighted by atomic mass is 32.2. The third-order valence-corrected chi connectivity index (χ3v) is 5.71. The lowest BCUT2D eigenvalue weighted by Crippen LogP contribution is -2.45. The maximum Gasteiger partial charge on any atom is 0.422 e. The number of thioether (sulfide) groups is 1. The summed E-state index contributed by atoms with van der Waals surface area (Å²) < 4.78 is 19.0. The van der Waals surface area contributed by atoms with Crippen molar-refractivity contribution in [3.8, 4) is 5.75 Å². The standard InChI is InChI=1S/C19H19FN4O4S/c20-13-6-5-12(14(11-13)28-19(27)23-8-3-4-16(23)25)10-15-17(26)22-18(29-15)24-9-2-1-7-21-24/h5-6,10-11,21H,1-4,7-9H2. The van der Waals surface area contributed by atoms with Gasteiger partial charge in [0, 0.05) is 37.7 Å². The lowest BCUT2D eigenvalue weighted by atomic mass is 10.2. The first-order valence-corrected chi connectivity index (χ1v) is 10.2. The van der Waals surface area contributed by atoms with Crippen LogP contribution in [0.15, 0.2) is 28.1 Å². The second-order valence-corrected chi connectivity index (χ2v) is 7.79. The number of carbonyl (C=O) groups excluding carboxylic acids is 3. The molecule has 0 unspecified atom stereocenters. The van der Waals surface area contributed by atoms with Crippen molar-refractivity contribution < 1.29 is 23.5 Å². The van der Waals surface area contributed by atoms with Crippen LogP contribution in [-0.2, 0) is 9.59 Å². The molecule has 3 aliphatic heterocycles. The van der Waals surface area contributed by atoms with Crippen LogP contribution in [-0.4, -0.2) is 52.6 Å². The van der Waals surface area contributed by atoms with Crippen LogP contribution >= 0.6 is 11.8 Å². The van der Waals surface area contributed by atoms with Gasteiger partial charge in [-0.1, -0.05) is 0 Å². The Bertz CT molecular complexity index is 927. The number of rotatable bonds is 2. The van der Waals surface area contributed by atoms with Gasteiger partial charge in [-0.05, 0) is 49.2 Å². The molecule has 8 nitrogen and oxygen atoms in total. The van der Waals surface area contributed by atoms with E-state index in [0.29, 0.717) is 22.1 Å². The van der Waals surface area contributed by atoms with Crippen LogP contribution in [0.5, 0.6) is 5.75 Å². The fourth-order valence-electron chi connectivity index (χ4n) is 3.21. The molecular weight excluding hydrogens is 399 g/mol. The average molecular weight is 418 g/mol. The Morgan fingerprint density at radius 1 is 1.24 bits per heavy atom. The molecule has 1 N–H and O–H groups in total. The highest BCUT2D eigenvalue weighted by Gasteiger charge is 2.30. The first kappa shape index (κ1) is 19.6. The van der Waals surface area contributed by atoms with Crippen molar-refractivity contribution >= 4 is 40.9 Å². The normalized spacial score (nSPS) is 21.1. The van der Waals surface area contributed by atoms with Gasteiger partial charge in [-0.2, -0.15) is 4.99 Å². The number of hydrazine groups is 1. The minimum atomic E-state index is -0.849. The maximum atomic E-state index is 13.7. The lowest BCUT2D eigenvalue weighted by Gasteiger charge is -2.28. The Kier molecular flexibility index (Phi) is 5.63. The summed E-state index contributed by atoms with van der Waals surface area (Å²) in [5, 5.41) is 2.40. The summed E-state index contributed by atoms with van der Waals surface area (Å²) in [6.45, 7) is 1.85. The number of hydrogen-bond donors (Lipinski definition) is 1. The van der Waals surface area contributed by atoms with Gasteiger partial charge in [-0.3, -0.25) is 14.6 Å². The van der Waals surface area contributed by atoms with Gasteiger partial charge in [0.05, 0.1) is 4.91 Å². The van der Waals surface area contributed by atoms with E-state index in [2.05, 4.69) is 10.4 Å². The zero-order chi connectivity index (χ0) is 20.4. The number of amides is 3. The zero-order valence-electron chi connectivity index (χ0n) is 15.5. The minimum absolute atomic E-state index is 0.0554. The molecule has 0 radical (unpaired) electrons. The van der Waals surface area contributed by atoms with E-state index >= 15 is 0 Å². The smallest absolute Gasteiger partial charge is 0.409 e. The van der Waals surface area contributed by atoms with Gasteiger partial charge in [0.25, 0.3) is 5.91 Å². The lowest BCUT2D eigenvalue weighted by molar-refractivity contribution is -0.125. The van der Waals surface area contributed by atoms with Crippen molar-refractivity contribution in [2.24, 2.45) is 4.99 Å². The van der Waals surface area contributed by atoms with Crippen LogP contribution in [0.25, 0.3) is 6.08 Å². The first-order valence-electron chi connectivity index (χ1n) is 9.36. The van der Waals surface area contributed by atoms with Crippen molar-refractivity contribution in [3.63, 3.8) is 0 Å². The number of nitrogens with zero attached hydrogens (tertiary/aromatic N) is 3. The molecule has 29 heavy (non-hydrogen) atoms. The number of nitrogens with one attached hydrogen (secondary N) is 1. The molecule has 0 spiro atoms. The van der Waals surface area contributed by atoms with Gasteiger partial charge in [-0.15, -0.1) is 0 Å². The van der Waals surface area contributed by atoms with E-state index in [4.69, 9.17) is 4.74 Å². The molecule has 2 fully saturated rings. The number of benzene rings is 1. The van der Waals surface area contributed by atoms with Gasteiger partial charge < -0.3 is 4.74 Å². The van der Waals surface area contributed by atoms with E-state index < -0.39 is 17.8 Å². The molecule has 0 saturated carbocycles. The monoisotopic (exact) mass is 418 g/mol. The Morgan fingerprint density at radius 2 is 2.10 bits per heavy atom. The highest BCUT2D eigenvalue weighted by Crippen LogP contribution is 2.33. The third-order valence-electron chi connectivity index (χ3n) is 4.70. The van der Waals surface area contributed by atoms with Crippen LogP contribution < -0.4 is 10.2 Å². The summed E-state index contributed by atoms with van der Waals surface area (Å²) in [5.74, 6) is -1.38. The van der Waals surface area contributed by atoms with Crippen molar-refractivity contribution in [2.45, 2.75) is 25.7 Å². The fourth-order valence-corrected chi connectivity index (χ4v) is 4.12. The zero-order valence-corrected chi connectivity index (χ0v) is 16.3. The van der Waals surface area contributed by atoms with Gasteiger partial charge >= 0.3 is 6.09 Å². The number of likely N-dealkylation sites (tertiary alicyclic amines) is 1. The Balaban J connectivity index is 1.53. The second kappa shape index (κ2) is 8.34. The molecule has 0 bridgehead atoms. The summed E-state index contributed by atoms with van der Waals surface area (Å²) in [7, 11) is 0. The molecule has 10 heteroatoms. The second-order valence-electron chi connectivity index (χ2n) is 6.78. The highest BCUT2D eigenvalue weighted by molar-refractivity contribution is 8.18. The fraction of sp³-hybridized carbons (Fsp3) is 0.368. The minimum Gasteiger partial charge on any atom is -0.409 e. The van der Waals surface area contributed by atoms with Crippen LogP contribution in [0.2, 0.25) is 0 Å². The molecule has 1 aromatic carbocycles. The number of hydrogen-bond acceptors (Lipinski definition) is 7. The van der Waals surface area contributed by atoms with E-state index in [9.17, 15) is 18.8 Å². The summed E-state index contributed by atoms with van der Waals surface area (Å²) in [6.07, 6.45) is 3.59. The molecule has 0 aliphatic carbocycles. The number of aliphatic imine (C=N–C) groups is 1. The number of halogens is 1. The van der Waals surface area contributed by atoms with Crippen molar-refractivity contribution in [2.75, 3.05) is 19.6 Å². The molecule has 3 heterocycles. The first-order chi connectivity index (χ1) is 14.0. The molecule has 2 saturated heterocycles. The molecule has 0 aromatic heterocycles. The van der Waals surface area contributed by atoms with Crippen molar-refractivity contribution in [1.29, 1.82) is 0 Å². The Labute approximate surface area is 170 Å². The van der Waals surface area contributed by atoms with E-state index in [1.165, 1.54) is 30.0 Å². The molecule has 152 valence electrons. The van der Waals surface area contributed by atoms with Gasteiger partial charge in [0.1, 0.15) is 11.6 Å². The molecule has 3 aliphatic rings. The summed E-state index contributed by atoms with van der Waals surface area (Å²) in [5.41, 5.74) is 3.54. The predicted octanol–water partition coefficient (Wildman–Crippen LogP) is 2.52. The summed E-state index contributed by atoms with van der Waals surface area (Å²) in [6, 6.07) is 3.69. The van der Waals surface area contributed by atoms with E-state index in [1.54, 1.807) is 0 Å². The third kappa shape index (κ3) is 4.33. The molecular formula is C19H19FN4O4S. The molecule has 1 aromatic rings. The van der Waals surface area contributed by atoms with Crippen LogP contribution in [0.1, 0.15) is 31.2 Å². The predicted molar refractivity (Wildman–Crippen MR) is 105 cm³/mol. The number of amidine groups is 1. The van der Waals surface area contributed by atoms with Crippen molar-refractivity contribution in [1.82, 2.24) is 15.3 Å². The van der Waals surface area contributed by atoms with Crippen LogP contribution in [0, 0.1) is 5.82 Å². The SMILES string of the molecule is O=C1N=C(N2CCCCN2)SC1=Cc1ccc(F)cc1OC(=O)N1CCCC1=O. The van der Waals surface area contributed by atoms with Crippen LogP contribution in [0.4, 0.5) is 9.18 Å². The Hall–Kier alpha value is -2.72. The average Bonchev–Trinajstić information content (AvgIpc) is 3.30. The summed E-state index contributed by atoms with van der Waals surface area (Å²) >= 11 is 1.20. The molecule has 3 amide bonds. The molecule has 4 rings (SSSR count). The van der Waals surface area contributed by atoms with E-state index in [0.717, 1.165) is 36.9 Å². The number of ether oxygens (including phenoxy) is 1. The topological polar surface area (TPSA) is 91.3 Å².